The average Bonchev–Trinajstić information content (AvgIpc) is 2.53. The fraction of sp³-hybridized carbons (Fsp3) is 0.600. The molecule has 4 nitrogen and oxygen atoms in total. The fourth-order valence-electron chi connectivity index (χ4n) is 2.73. The van der Waals surface area contributed by atoms with Crippen molar-refractivity contribution in [2.75, 3.05) is 13.1 Å². The number of aromatic nitrogens is 1. The molecular formula is C15H22N4. The first-order valence-corrected chi connectivity index (χ1v) is 6.87. The van der Waals surface area contributed by atoms with E-state index in [2.05, 4.69) is 47.3 Å². The number of nitrogens with one attached hydrogen (secondary N) is 1. The smallest absolute Gasteiger partial charge is 0.0638 e. The van der Waals surface area contributed by atoms with Crippen LogP contribution in [-0.2, 0) is 6.54 Å². The highest BCUT2D eigenvalue weighted by Crippen LogP contribution is 2.26. The van der Waals surface area contributed by atoms with Gasteiger partial charge in [0.1, 0.15) is 0 Å². The van der Waals surface area contributed by atoms with Crippen LogP contribution in [0.15, 0.2) is 24.5 Å². The highest BCUT2D eigenvalue weighted by molar-refractivity contribution is 5.11. The molecule has 0 aromatic carbocycles. The molecular weight excluding hydrogens is 236 g/mol. The Balaban J connectivity index is 2.21. The van der Waals surface area contributed by atoms with Crippen LogP contribution in [0, 0.1) is 11.3 Å². The molecule has 1 aliphatic heterocycles. The zero-order valence-electron chi connectivity index (χ0n) is 11.8. The van der Waals surface area contributed by atoms with E-state index in [-0.39, 0.29) is 11.6 Å². The second kappa shape index (κ2) is 6.14. The van der Waals surface area contributed by atoms with E-state index in [0.29, 0.717) is 6.42 Å². The summed E-state index contributed by atoms with van der Waals surface area (Å²) >= 11 is 0. The van der Waals surface area contributed by atoms with Crippen molar-refractivity contribution in [3.63, 3.8) is 0 Å². The average molecular weight is 258 g/mol. The molecule has 1 atom stereocenters. The molecule has 1 fully saturated rings. The molecule has 1 aromatic rings. The lowest BCUT2D eigenvalue weighted by molar-refractivity contribution is 0.0707. The van der Waals surface area contributed by atoms with Gasteiger partial charge in [0.2, 0.25) is 0 Å². The molecule has 1 saturated heterocycles. The summed E-state index contributed by atoms with van der Waals surface area (Å²) in [7, 11) is 0. The summed E-state index contributed by atoms with van der Waals surface area (Å²) in [6.07, 6.45) is 5.33. The maximum absolute atomic E-state index is 9.05. The second-order valence-corrected chi connectivity index (χ2v) is 5.77. The van der Waals surface area contributed by atoms with Gasteiger partial charge in [-0.15, -0.1) is 0 Å². The monoisotopic (exact) mass is 258 g/mol. The zero-order chi connectivity index (χ0) is 13.7. The fourth-order valence-corrected chi connectivity index (χ4v) is 2.73. The first kappa shape index (κ1) is 14.0. The molecule has 2 heterocycles. The van der Waals surface area contributed by atoms with Crippen LogP contribution in [0.5, 0.6) is 0 Å². The summed E-state index contributed by atoms with van der Waals surface area (Å²) in [5.74, 6) is 0. The third kappa shape index (κ3) is 3.52. The highest BCUT2D eigenvalue weighted by Gasteiger charge is 2.34. The van der Waals surface area contributed by atoms with E-state index >= 15 is 0 Å². The molecule has 2 rings (SSSR count). The van der Waals surface area contributed by atoms with Crippen LogP contribution < -0.4 is 5.32 Å². The number of rotatable bonds is 3. The summed E-state index contributed by atoms with van der Waals surface area (Å²) in [6.45, 7) is 7.32. The molecule has 0 radical (unpaired) electrons. The van der Waals surface area contributed by atoms with Crippen molar-refractivity contribution in [3.05, 3.63) is 30.1 Å². The number of hydrogen-bond acceptors (Lipinski definition) is 4. The summed E-state index contributed by atoms with van der Waals surface area (Å²) in [5, 5.41) is 12.5. The summed E-state index contributed by atoms with van der Waals surface area (Å²) < 4.78 is 0. The summed E-state index contributed by atoms with van der Waals surface area (Å²) in [5.41, 5.74) is 1.36. The Morgan fingerprint density at radius 1 is 1.47 bits per heavy atom. The van der Waals surface area contributed by atoms with E-state index in [1.807, 2.05) is 12.4 Å². The Hall–Kier alpha value is -1.44. The van der Waals surface area contributed by atoms with Gasteiger partial charge < -0.3 is 5.32 Å². The van der Waals surface area contributed by atoms with Gasteiger partial charge in [-0.2, -0.15) is 5.26 Å². The molecule has 1 aromatic heterocycles. The van der Waals surface area contributed by atoms with Crippen molar-refractivity contribution in [1.29, 1.82) is 5.26 Å². The van der Waals surface area contributed by atoms with Crippen molar-refractivity contribution in [3.8, 4) is 6.07 Å². The molecule has 1 aliphatic rings. The lowest BCUT2D eigenvalue weighted by Gasteiger charge is -2.41. The van der Waals surface area contributed by atoms with Gasteiger partial charge in [-0.25, -0.2) is 0 Å². The first-order valence-electron chi connectivity index (χ1n) is 6.87. The van der Waals surface area contributed by atoms with Crippen LogP contribution in [0.25, 0.3) is 0 Å². The van der Waals surface area contributed by atoms with Gasteiger partial charge in [-0.3, -0.25) is 9.88 Å². The third-order valence-corrected chi connectivity index (χ3v) is 3.94. The number of pyridine rings is 1. The molecule has 0 bridgehead atoms. The minimum Gasteiger partial charge on any atom is -0.315 e. The van der Waals surface area contributed by atoms with Crippen LogP contribution in [0.1, 0.15) is 32.3 Å². The standard InChI is InChI=1S/C15H22N4/c1-15(2)6-10-18-11-14(3-7-16)19(15)12-13-4-8-17-9-5-13/h4-5,8-9,14,18H,3,6,10-12H2,1-2H3. The van der Waals surface area contributed by atoms with Crippen LogP contribution in [-0.4, -0.2) is 34.6 Å². The van der Waals surface area contributed by atoms with E-state index < -0.39 is 0 Å². The van der Waals surface area contributed by atoms with Crippen molar-refractivity contribution >= 4 is 0 Å². The predicted molar refractivity (Wildman–Crippen MR) is 75.4 cm³/mol. The van der Waals surface area contributed by atoms with Gasteiger partial charge in [-0.05, 0) is 44.5 Å². The number of nitriles is 1. The van der Waals surface area contributed by atoms with E-state index in [9.17, 15) is 0 Å². The molecule has 0 amide bonds. The van der Waals surface area contributed by atoms with Gasteiger partial charge in [-0.1, -0.05) is 0 Å². The van der Waals surface area contributed by atoms with Gasteiger partial charge in [0.15, 0.2) is 0 Å². The Morgan fingerprint density at radius 3 is 2.89 bits per heavy atom. The molecule has 1 unspecified atom stereocenters. The quantitative estimate of drug-likeness (QED) is 0.900. The van der Waals surface area contributed by atoms with Gasteiger partial charge in [0.25, 0.3) is 0 Å². The van der Waals surface area contributed by atoms with Crippen LogP contribution in [0.4, 0.5) is 0 Å². The Labute approximate surface area is 115 Å². The summed E-state index contributed by atoms with van der Waals surface area (Å²) in [4.78, 5) is 6.53. The van der Waals surface area contributed by atoms with E-state index in [4.69, 9.17) is 5.26 Å². The molecule has 0 spiro atoms. The van der Waals surface area contributed by atoms with Gasteiger partial charge in [0, 0.05) is 37.1 Å². The molecule has 102 valence electrons. The predicted octanol–water partition coefficient (Wildman–Crippen LogP) is 1.94. The minimum absolute atomic E-state index is 0.105. The minimum atomic E-state index is 0.105. The van der Waals surface area contributed by atoms with Gasteiger partial charge in [0.05, 0.1) is 12.5 Å². The number of nitrogens with zero attached hydrogens (tertiary/aromatic N) is 3. The Bertz CT molecular complexity index is 435. The second-order valence-electron chi connectivity index (χ2n) is 5.77. The van der Waals surface area contributed by atoms with Gasteiger partial charge >= 0.3 is 0 Å². The highest BCUT2D eigenvalue weighted by atomic mass is 15.2. The largest absolute Gasteiger partial charge is 0.315 e. The lowest BCUT2D eigenvalue weighted by atomic mass is 9.95. The lowest BCUT2D eigenvalue weighted by Crippen LogP contribution is -2.49. The van der Waals surface area contributed by atoms with Crippen LogP contribution in [0.2, 0.25) is 0 Å². The van der Waals surface area contributed by atoms with Crippen LogP contribution in [0.3, 0.4) is 0 Å². The van der Waals surface area contributed by atoms with Crippen LogP contribution >= 0.6 is 0 Å². The van der Waals surface area contributed by atoms with E-state index in [1.165, 1.54) is 5.56 Å². The first-order chi connectivity index (χ1) is 9.13. The van der Waals surface area contributed by atoms with Crippen molar-refractivity contribution in [2.45, 2.75) is 44.8 Å². The topological polar surface area (TPSA) is 52.0 Å². The third-order valence-electron chi connectivity index (χ3n) is 3.94. The molecule has 0 aliphatic carbocycles. The normalized spacial score (nSPS) is 23.5. The molecule has 4 heteroatoms. The molecule has 1 N–H and O–H groups in total. The Kier molecular flexibility index (Phi) is 4.52. The van der Waals surface area contributed by atoms with E-state index in [1.54, 1.807) is 0 Å². The van der Waals surface area contributed by atoms with Crippen molar-refractivity contribution in [2.24, 2.45) is 0 Å². The SMILES string of the molecule is CC1(C)CCNCC(CC#N)N1Cc1ccncc1. The Morgan fingerprint density at radius 2 is 2.21 bits per heavy atom. The maximum atomic E-state index is 9.05. The van der Waals surface area contributed by atoms with Crippen molar-refractivity contribution in [1.82, 2.24) is 15.2 Å². The molecule has 19 heavy (non-hydrogen) atoms. The summed E-state index contributed by atoms with van der Waals surface area (Å²) in [6, 6.07) is 6.71. The number of hydrogen-bond donors (Lipinski definition) is 1. The van der Waals surface area contributed by atoms with E-state index in [0.717, 1.165) is 26.1 Å². The molecule has 0 saturated carbocycles. The maximum Gasteiger partial charge on any atom is 0.0638 e. The zero-order valence-corrected chi connectivity index (χ0v) is 11.8. The van der Waals surface area contributed by atoms with Crippen molar-refractivity contribution < 1.29 is 0 Å².